The van der Waals surface area contributed by atoms with Gasteiger partial charge in [-0.3, -0.25) is 9.48 Å². The molecular weight excluding hydrogens is 348 g/mol. The van der Waals surface area contributed by atoms with E-state index < -0.39 is 0 Å². The quantitative estimate of drug-likeness (QED) is 0.807. The molecule has 1 saturated heterocycles. The number of halogens is 1. The maximum atomic E-state index is 12.8. The predicted octanol–water partition coefficient (Wildman–Crippen LogP) is 3.44. The van der Waals surface area contributed by atoms with Gasteiger partial charge in [-0.05, 0) is 49.6 Å². The SMILES string of the molecule is CCCN(Cc1ccc(Cl)cc1)C(=O)Cn1ccc(C2CCCNC2)n1. The molecule has 1 aliphatic rings. The first-order valence-corrected chi connectivity index (χ1v) is 9.80. The second-order valence-corrected chi connectivity index (χ2v) is 7.36. The van der Waals surface area contributed by atoms with Crippen molar-refractivity contribution in [1.29, 1.82) is 0 Å². The number of piperidine rings is 1. The Bertz CT molecular complexity index is 707. The highest BCUT2D eigenvalue weighted by Crippen LogP contribution is 2.21. The van der Waals surface area contributed by atoms with E-state index in [1.165, 1.54) is 6.42 Å². The van der Waals surface area contributed by atoms with Gasteiger partial charge in [0.1, 0.15) is 6.54 Å². The Balaban J connectivity index is 1.62. The first kappa shape index (κ1) is 18.9. The van der Waals surface area contributed by atoms with Crippen LogP contribution in [0.4, 0.5) is 0 Å². The maximum absolute atomic E-state index is 12.8. The Hall–Kier alpha value is -1.85. The van der Waals surface area contributed by atoms with Crippen LogP contribution in [-0.2, 0) is 17.9 Å². The monoisotopic (exact) mass is 374 g/mol. The van der Waals surface area contributed by atoms with Crippen molar-refractivity contribution in [2.75, 3.05) is 19.6 Å². The molecule has 5 nitrogen and oxygen atoms in total. The predicted molar refractivity (Wildman–Crippen MR) is 104 cm³/mol. The standard InChI is InChI=1S/C20H27ClN4O/c1-2-11-24(14-16-5-7-18(21)8-6-16)20(26)15-25-12-9-19(23-25)17-4-3-10-22-13-17/h5-9,12,17,22H,2-4,10-11,13-15H2,1H3. The summed E-state index contributed by atoms with van der Waals surface area (Å²) in [4.78, 5) is 14.7. The number of carbonyl (C=O) groups excluding carboxylic acids is 1. The number of rotatable bonds is 7. The zero-order chi connectivity index (χ0) is 18.4. The molecule has 1 N–H and O–H groups in total. The van der Waals surface area contributed by atoms with Gasteiger partial charge in [-0.2, -0.15) is 5.10 Å². The Kier molecular flexibility index (Phi) is 6.69. The van der Waals surface area contributed by atoms with Crippen LogP contribution in [0.1, 0.15) is 43.4 Å². The molecule has 2 heterocycles. The van der Waals surface area contributed by atoms with Gasteiger partial charge in [0.15, 0.2) is 0 Å². The molecule has 2 aromatic rings. The summed E-state index contributed by atoms with van der Waals surface area (Å²) in [7, 11) is 0. The molecule has 1 aliphatic heterocycles. The molecule has 6 heteroatoms. The molecular formula is C20H27ClN4O. The van der Waals surface area contributed by atoms with E-state index in [9.17, 15) is 4.79 Å². The van der Waals surface area contributed by atoms with Crippen LogP contribution in [0.15, 0.2) is 36.5 Å². The van der Waals surface area contributed by atoms with Crippen molar-refractivity contribution in [2.45, 2.75) is 45.2 Å². The number of aromatic nitrogens is 2. The number of nitrogens with zero attached hydrogens (tertiary/aromatic N) is 3. The van der Waals surface area contributed by atoms with Crippen molar-refractivity contribution in [3.63, 3.8) is 0 Å². The van der Waals surface area contributed by atoms with E-state index in [2.05, 4.69) is 17.3 Å². The fourth-order valence-electron chi connectivity index (χ4n) is 3.40. The Labute approximate surface area is 160 Å². The van der Waals surface area contributed by atoms with Crippen LogP contribution in [0.3, 0.4) is 0 Å². The first-order valence-electron chi connectivity index (χ1n) is 9.42. The maximum Gasteiger partial charge on any atom is 0.244 e. The van der Waals surface area contributed by atoms with Gasteiger partial charge in [0, 0.05) is 36.8 Å². The zero-order valence-corrected chi connectivity index (χ0v) is 16.1. The molecule has 0 radical (unpaired) electrons. The van der Waals surface area contributed by atoms with Crippen LogP contribution in [0.2, 0.25) is 5.02 Å². The molecule has 1 aromatic carbocycles. The lowest BCUT2D eigenvalue weighted by Crippen LogP contribution is -2.34. The average Bonchev–Trinajstić information content (AvgIpc) is 3.12. The van der Waals surface area contributed by atoms with Crippen LogP contribution >= 0.6 is 11.6 Å². The fraction of sp³-hybridized carbons (Fsp3) is 0.500. The average molecular weight is 375 g/mol. The van der Waals surface area contributed by atoms with E-state index in [-0.39, 0.29) is 12.5 Å². The molecule has 1 unspecified atom stereocenters. The summed E-state index contributed by atoms with van der Waals surface area (Å²) in [5.74, 6) is 0.555. The van der Waals surface area contributed by atoms with E-state index >= 15 is 0 Å². The van der Waals surface area contributed by atoms with Gasteiger partial charge in [0.25, 0.3) is 0 Å². The zero-order valence-electron chi connectivity index (χ0n) is 15.3. The lowest BCUT2D eigenvalue weighted by molar-refractivity contribution is -0.132. The number of amides is 1. The highest BCUT2D eigenvalue weighted by molar-refractivity contribution is 6.30. The molecule has 0 saturated carbocycles. The Morgan fingerprint density at radius 3 is 2.85 bits per heavy atom. The third-order valence-corrected chi connectivity index (χ3v) is 5.06. The van der Waals surface area contributed by atoms with E-state index in [4.69, 9.17) is 11.6 Å². The van der Waals surface area contributed by atoms with Crippen molar-refractivity contribution in [3.05, 3.63) is 52.8 Å². The smallest absolute Gasteiger partial charge is 0.244 e. The summed E-state index contributed by atoms with van der Waals surface area (Å²) < 4.78 is 1.77. The third-order valence-electron chi connectivity index (χ3n) is 4.81. The summed E-state index contributed by atoms with van der Waals surface area (Å²) in [5, 5.41) is 8.77. The number of benzene rings is 1. The summed E-state index contributed by atoms with van der Waals surface area (Å²) >= 11 is 5.95. The van der Waals surface area contributed by atoms with Crippen molar-refractivity contribution in [3.8, 4) is 0 Å². The van der Waals surface area contributed by atoms with E-state index in [1.54, 1.807) is 4.68 Å². The number of hydrogen-bond donors (Lipinski definition) is 1. The second-order valence-electron chi connectivity index (χ2n) is 6.92. The minimum atomic E-state index is 0.0956. The molecule has 1 aromatic heterocycles. The topological polar surface area (TPSA) is 50.2 Å². The minimum Gasteiger partial charge on any atom is -0.337 e. The van der Waals surface area contributed by atoms with Gasteiger partial charge in [0.2, 0.25) is 5.91 Å². The molecule has 1 atom stereocenters. The summed E-state index contributed by atoms with van der Waals surface area (Å²) in [6, 6.07) is 9.72. The minimum absolute atomic E-state index is 0.0956. The van der Waals surface area contributed by atoms with Crippen LogP contribution in [-0.4, -0.2) is 40.2 Å². The van der Waals surface area contributed by atoms with Crippen molar-refractivity contribution in [1.82, 2.24) is 20.0 Å². The normalized spacial score (nSPS) is 17.2. The summed E-state index contributed by atoms with van der Waals surface area (Å²) in [6.07, 6.45) is 5.20. The van der Waals surface area contributed by atoms with E-state index in [0.717, 1.165) is 43.7 Å². The molecule has 0 spiro atoms. The van der Waals surface area contributed by atoms with Gasteiger partial charge < -0.3 is 10.2 Å². The summed E-state index contributed by atoms with van der Waals surface area (Å²) in [5.41, 5.74) is 2.18. The molecule has 0 aliphatic carbocycles. The number of hydrogen-bond acceptors (Lipinski definition) is 3. The Morgan fingerprint density at radius 2 is 2.15 bits per heavy atom. The first-order chi connectivity index (χ1) is 12.7. The van der Waals surface area contributed by atoms with Gasteiger partial charge in [-0.25, -0.2) is 0 Å². The molecule has 0 bridgehead atoms. The third kappa shape index (κ3) is 5.08. The summed E-state index contributed by atoms with van der Waals surface area (Å²) in [6.45, 7) is 5.78. The van der Waals surface area contributed by atoms with Crippen LogP contribution in [0.25, 0.3) is 0 Å². The van der Waals surface area contributed by atoms with E-state index in [0.29, 0.717) is 17.5 Å². The lowest BCUT2D eigenvalue weighted by atomic mass is 9.97. The van der Waals surface area contributed by atoms with Crippen molar-refractivity contribution < 1.29 is 4.79 Å². The highest BCUT2D eigenvalue weighted by Gasteiger charge is 2.19. The van der Waals surface area contributed by atoms with Gasteiger partial charge in [0.05, 0.1) is 5.69 Å². The van der Waals surface area contributed by atoms with Gasteiger partial charge >= 0.3 is 0 Å². The highest BCUT2D eigenvalue weighted by atomic mass is 35.5. The lowest BCUT2D eigenvalue weighted by Gasteiger charge is -2.23. The Morgan fingerprint density at radius 1 is 1.35 bits per heavy atom. The molecule has 1 fully saturated rings. The molecule has 1 amide bonds. The largest absolute Gasteiger partial charge is 0.337 e. The van der Waals surface area contributed by atoms with Gasteiger partial charge in [-0.1, -0.05) is 30.7 Å². The van der Waals surface area contributed by atoms with Crippen LogP contribution in [0, 0.1) is 0 Å². The number of nitrogens with one attached hydrogen (secondary N) is 1. The molecule has 3 rings (SSSR count). The molecule has 140 valence electrons. The van der Waals surface area contributed by atoms with Gasteiger partial charge in [-0.15, -0.1) is 0 Å². The van der Waals surface area contributed by atoms with Crippen LogP contribution in [0.5, 0.6) is 0 Å². The van der Waals surface area contributed by atoms with Crippen molar-refractivity contribution >= 4 is 17.5 Å². The number of carbonyl (C=O) groups is 1. The fourth-order valence-corrected chi connectivity index (χ4v) is 3.52. The van der Waals surface area contributed by atoms with Crippen LogP contribution < -0.4 is 5.32 Å². The second kappa shape index (κ2) is 9.19. The van der Waals surface area contributed by atoms with Crippen molar-refractivity contribution in [2.24, 2.45) is 0 Å². The van der Waals surface area contributed by atoms with E-state index in [1.807, 2.05) is 41.4 Å². The molecule has 26 heavy (non-hydrogen) atoms.